The van der Waals surface area contributed by atoms with Gasteiger partial charge in [-0.1, -0.05) is 24.2 Å². The average molecular weight is 201 g/mol. The Morgan fingerprint density at radius 2 is 2.31 bits per heavy atom. The number of benzene rings is 1. The number of rotatable bonds is 3. The Labute approximate surface area is 81.8 Å². The molecule has 0 atom stereocenters. The molecule has 0 aliphatic carbocycles. The number of hydrogen-bond donors (Lipinski definition) is 0. The van der Waals surface area contributed by atoms with Gasteiger partial charge in [0, 0.05) is 11.1 Å². The van der Waals surface area contributed by atoms with Gasteiger partial charge in [0.05, 0.1) is 0 Å². The molecule has 0 spiro atoms. The van der Waals surface area contributed by atoms with Crippen molar-refractivity contribution in [2.24, 2.45) is 0 Å². The monoisotopic (exact) mass is 200 g/mol. The molecule has 3 heteroatoms. The first-order valence-corrected chi connectivity index (χ1v) is 4.19. The molecule has 0 fully saturated rings. The van der Waals surface area contributed by atoms with Crippen LogP contribution in [0, 0.1) is 12.7 Å². The topological polar surface area (TPSA) is 9.23 Å². The molecule has 1 nitrogen and oxygen atoms in total. The highest BCUT2D eigenvalue weighted by molar-refractivity contribution is 6.29. The van der Waals surface area contributed by atoms with Crippen LogP contribution in [0.1, 0.15) is 5.56 Å². The normalized spacial score (nSPS) is 9.77. The minimum atomic E-state index is -0.280. The Hall–Kier alpha value is -1.02. The lowest BCUT2D eigenvalue weighted by Crippen LogP contribution is -1.96. The van der Waals surface area contributed by atoms with Crippen LogP contribution >= 0.6 is 11.6 Å². The Balaban J connectivity index is 2.68. The molecular weight excluding hydrogens is 191 g/mol. The molecule has 0 aliphatic heterocycles. The maximum Gasteiger partial charge on any atom is 0.129 e. The summed E-state index contributed by atoms with van der Waals surface area (Å²) in [6.07, 6.45) is 0. The van der Waals surface area contributed by atoms with Crippen molar-refractivity contribution in [1.82, 2.24) is 0 Å². The van der Waals surface area contributed by atoms with E-state index in [1.54, 1.807) is 19.1 Å². The van der Waals surface area contributed by atoms with E-state index in [9.17, 15) is 4.39 Å². The quantitative estimate of drug-likeness (QED) is 0.728. The van der Waals surface area contributed by atoms with Crippen molar-refractivity contribution in [3.63, 3.8) is 0 Å². The molecule has 1 aromatic carbocycles. The van der Waals surface area contributed by atoms with Gasteiger partial charge in [0.25, 0.3) is 0 Å². The van der Waals surface area contributed by atoms with Crippen molar-refractivity contribution in [3.8, 4) is 5.75 Å². The van der Waals surface area contributed by atoms with E-state index in [2.05, 4.69) is 6.58 Å². The lowest BCUT2D eigenvalue weighted by atomic mass is 10.2. The first-order chi connectivity index (χ1) is 6.09. The summed E-state index contributed by atoms with van der Waals surface area (Å²) in [6, 6.07) is 4.68. The van der Waals surface area contributed by atoms with Gasteiger partial charge in [0.2, 0.25) is 0 Å². The highest BCUT2D eigenvalue weighted by Gasteiger charge is 1.99. The molecule has 0 amide bonds. The first kappa shape index (κ1) is 10.1. The number of aryl methyl sites for hydroxylation is 1. The molecule has 1 aromatic rings. The van der Waals surface area contributed by atoms with Crippen molar-refractivity contribution in [3.05, 3.63) is 41.2 Å². The summed E-state index contributed by atoms with van der Waals surface area (Å²) in [5, 5.41) is 0.390. The lowest BCUT2D eigenvalue weighted by Gasteiger charge is -2.05. The number of hydrogen-bond acceptors (Lipinski definition) is 1. The Bertz CT molecular complexity index is 323. The van der Waals surface area contributed by atoms with Crippen LogP contribution in [0.25, 0.3) is 0 Å². The molecule has 0 aromatic heterocycles. The minimum Gasteiger partial charge on any atom is -0.488 e. The minimum absolute atomic E-state index is 0.198. The third kappa shape index (κ3) is 3.07. The van der Waals surface area contributed by atoms with Crippen molar-refractivity contribution in [2.75, 3.05) is 6.61 Å². The van der Waals surface area contributed by atoms with E-state index in [1.165, 1.54) is 6.07 Å². The van der Waals surface area contributed by atoms with Crippen LogP contribution < -0.4 is 4.74 Å². The van der Waals surface area contributed by atoms with Gasteiger partial charge in [-0.2, -0.15) is 0 Å². The van der Waals surface area contributed by atoms with Crippen LogP contribution in [-0.4, -0.2) is 6.61 Å². The van der Waals surface area contributed by atoms with Crippen molar-refractivity contribution < 1.29 is 9.13 Å². The molecule has 0 N–H and O–H groups in total. The van der Waals surface area contributed by atoms with Crippen molar-refractivity contribution in [2.45, 2.75) is 6.92 Å². The number of ether oxygens (including phenoxy) is 1. The highest BCUT2D eigenvalue weighted by atomic mass is 35.5. The van der Waals surface area contributed by atoms with Gasteiger partial charge in [-0.25, -0.2) is 4.39 Å². The van der Waals surface area contributed by atoms with Gasteiger partial charge in [0.15, 0.2) is 0 Å². The van der Waals surface area contributed by atoms with Crippen LogP contribution in [0.15, 0.2) is 29.8 Å². The Kier molecular flexibility index (Phi) is 3.32. The molecule has 1 rings (SSSR count). The third-order valence-electron chi connectivity index (χ3n) is 1.54. The van der Waals surface area contributed by atoms with E-state index in [4.69, 9.17) is 16.3 Å². The Morgan fingerprint density at radius 1 is 1.62 bits per heavy atom. The lowest BCUT2D eigenvalue weighted by molar-refractivity contribution is 0.357. The van der Waals surface area contributed by atoms with Crippen molar-refractivity contribution >= 4 is 11.6 Å². The van der Waals surface area contributed by atoms with Crippen LogP contribution in [0.3, 0.4) is 0 Å². The fraction of sp³-hybridized carbons (Fsp3) is 0.200. The molecule has 13 heavy (non-hydrogen) atoms. The van der Waals surface area contributed by atoms with Crippen LogP contribution in [-0.2, 0) is 0 Å². The maximum atomic E-state index is 13.0. The van der Waals surface area contributed by atoms with Gasteiger partial charge in [-0.05, 0) is 18.6 Å². The van der Waals surface area contributed by atoms with Gasteiger partial charge in [0.1, 0.15) is 18.2 Å². The van der Waals surface area contributed by atoms with Crippen molar-refractivity contribution in [1.29, 1.82) is 0 Å². The second-order valence-corrected chi connectivity index (χ2v) is 3.25. The fourth-order valence-electron chi connectivity index (χ4n) is 0.825. The highest BCUT2D eigenvalue weighted by Crippen LogP contribution is 2.16. The van der Waals surface area contributed by atoms with Gasteiger partial charge in [-0.15, -0.1) is 0 Å². The summed E-state index contributed by atoms with van der Waals surface area (Å²) in [5.41, 5.74) is 0.594. The molecule has 0 unspecified atom stereocenters. The zero-order chi connectivity index (χ0) is 9.84. The van der Waals surface area contributed by atoms with E-state index in [0.29, 0.717) is 16.3 Å². The summed E-state index contributed by atoms with van der Waals surface area (Å²) in [6.45, 7) is 5.35. The zero-order valence-corrected chi connectivity index (χ0v) is 8.07. The SMILES string of the molecule is C=C(Cl)COc1ccc(C)c(F)c1. The molecule has 0 heterocycles. The van der Waals surface area contributed by atoms with E-state index >= 15 is 0 Å². The average Bonchev–Trinajstić information content (AvgIpc) is 2.07. The van der Waals surface area contributed by atoms with E-state index in [-0.39, 0.29) is 12.4 Å². The molecule has 0 saturated heterocycles. The van der Waals surface area contributed by atoms with Gasteiger partial charge >= 0.3 is 0 Å². The van der Waals surface area contributed by atoms with Crippen LogP contribution in [0.2, 0.25) is 0 Å². The summed E-state index contributed by atoms with van der Waals surface area (Å²) < 4.78 is 18.1. The van der Waals surface area contributed by atoms with Gasteiger partial charge in [-0.3, -0.25) is 0 Å². The van der Waals surface area contributed by atoms with Gasteiger partial charge < -0.3 is 4.74 Å². The molecule has 70 valence electrons. The van der Waals surface area contributed by atoms with Crippen LogP contribution in [0.4, 0.5) is 4.39 Å². The molecular formula is C10H10ClFO. The number of halogens is 2. The molecule has 0 bridgehead atoms. The zero-order valence-electron chi connectivity index (χ0n) is 7.31. The predicted octanol–water partition coefficient (Wildman–Crippen LogP) is 3.27. The van der Waals surface area contributed by atoms with E-state index in [1.807, 2.05) is 0 Å². The summed E-state index contributed by atoms with van der Waals surface area (Å²) in [4.78, 5) is 0. The second kappa shape index (κ2) is 4.28. The summed E-state index contributed by atoms with van der Waals surface area (Å²) in [7, 11) is 0. The first-order valence-electron chi connectivity index (χ1n) is 3.82. The standard InChI is InChI=1S/C10H10ClFO/c1-7-3-4-9(5-10(7)12)13-6-8(2)11/h3-5H,2,6H2,1H3. The summed E-state index contributed by atoms with van der Waals surface area (Å²) in [5.74, 6) is 0.183. The van der Waals surface area contributed by atoms with Crippen LogP contribution in [0.5, 0.6) is 5.75 Å². The predicted molar refractivity (Wildman–Crippen MR) is 51.6 cm³/mol. The Morgan fingerprint density at radius 3 is 2.85 bits per heavy atom. The smallest absolute Gasteiger partial charge is 0.129 e. The largest absolute Gasteiger partial charge is 0.488 e. The molecule has 0 radical (unpaired) electrons. The summed E-state index contributed by atoms with van der Waals surface area (Å²) >= 11 is 5.49. The molecule has 0 aliphatic rings. The third-order valence-corrected chi connectivity index (χ3v) is 1.65. The molecule has 0 saturated carbocycles. The second-order valence-electron chi connectivity index (χ2n) is 2.72. The maximum absolute atomic E-state index is 13.0. The van der Waals surface area contributed by atoms with E-state index < -0.39 is 0 Å². The fourth-order valence-corrected chi connectivity index (χ4v) is 0.880. The van der Waals surface area contributed by atoms with E-state index in [0.717, 1.165) is 0 Å².